The molecular weight excluding hydrogens is 190 g/mol. The van der Waals surface area contributed by atoms with Crippen molar-refractivity contribution < 1.29 is 9.15 Å². The van der Waals surface area contributed by atoms with E-state index in [1.807, 2.05) is 14.0 Å². The molecule has 2 rings (SSSR count). The molecule has 1 heterocycles. The maximum absolute atomic E-state index is 5.64. The predicted octanol–water partition coefficient (Wildman–Crippen LogP) is 2.23. The van der Waals surface area contributed by atoms with E-state index < -0.39 is 0 Å². The van der Waals surface area contributed by atoms with Gasteiger partial charge < -0.3 is 14.5 Å². The summed E-state index contributed by atoms with van der Waals surface area (Å²) in [6, 6.07) is 2.08. The van der Waals surface area contributed by atoms with Crippen molar-refractivity contribution in [3.05, 3.63) is 23.2 Å². The van der Waals surface area contributed by atoms with Gasteiger partial charge in [0.15, 0.2) is 0 Å². The first-order valence-corrected chi connectivity index (χ1v) is 5.60. The Morgan fingerprint density at radius 2 is 2.33 bits per heavy atom. The lowest BCUT2D eigenvalue weighted by molar-refractivity contribution is 0.110. The van der Waals surface area contributed by atoms with Crippen LogP contribution in [0.25, 0.3) is 0 Å². The molecule has 0 radical (unpaired) electrons. The van der Waals surface area contributed by atoms with E-state index in [1.54, 1.807) is 0 Å². The van der Waals surface area contributed by atoms with Crippen molar-refractivity contribution in [2.24, 2.45) is 5.92 Å². The highest BCUT2D eigenvalue weighted by atomic mass is 16.5. The minimum atomic E-state index is 0.690. The molecule has 0 bridgehead atoms. The van der Waals surface area contributed by atoms with Crippen LogP contribution in [-0.2, 0) is 17.9 Å². The number of hydrogen-bond acceptors (Lipinski definition) is 3. The van der Waals surface area contributed by atoms with E-state index in [9.17, 15) is 0 Å². The van der Waals surface area contributed by atoms with Crippen molar-refractivity contribution in [1.29, 1.82) is 0 Å². The van der Waals surface area contributed by atoms with Gasteiger partial charge in [-0.3, -0.25) is 0 Å². The molecule has 1 aliphatic carbocycles. The van der Waals surface area contributed by atoms with Crippen LogP contribution in [0.15, 0.2) is 10.5 Å². The Hall–Kier alpha value is -0.800. The van der Waals surface area contributed by atoms with Crippen molar-refractivity contribution in [1.82, 2.24) is 5.32 Å². The van der Waals surface area contributed by atoms with E-state index in [0.29, 0.717) is 6.61 Å². The monoisotopic (exact) mass is 209 g/mol. The van der Waals surface area contributed by atoms with Crippen LogP contribution in [0.4, 0.5) is 0 Å². The molecule has 0 spiro atoms. The second-order valence-electron chi connectivity index (χ2n) is 4.28. The molecule has 15 heavy (non-hydrogen) atoms. The molecule has 1 aliphatic rings. The van der Waals surface area contributed by atoms with Gasteiger partial charge in [0.2, 0.25) is 0 Å². The summed E-state index contributed by atoms with van der Waals surface area (Å²) in [6.07, 6.45) is 2.69. The molecule has 1 saturated carbocycles. The molecule has 1 aromatic rings. The van der Waals surface area contributed by atoms with Gasteiger partial charge in [0.25, 0.3) is 0 Å². The molecule has 0 unspecified atom stereocenters. The molecule has 0 amide bonds. The number of aryl methyl sites for hydroxylation is 1. The van der Waals surface area contributed by atoms with Gasteiger partial charge in [-0.15, -0.1) is 0 Å². The predicted molar refractivity (Wildman–Crippen MR) is 58.6 cm³/mol. The van der Waals surface area contributed by atoms with Crippen molar-refractivity contribution >= 4 is 0 Å². The zero-order chi connectivity index (χ0) is 10.7. The molecule has 0 aromatic carbocycles. The first-order chi connectivity index (χ1) is 7.29. The minimum absolute atomic E-state index is 0.690. The Labute approximate surface area is 90.8 Å². The van der Waals surface area contributed by atoms with Gasteiger partial charge in [-0.05, 0) is 38.8 Å². The zero-order valence-corrected chi connectivity index (χ0v) is 9.51. The second kappa shape index (κ2) is 4.81. The summed E-state index contributed by atoms with van der Waals surface area (Å²) in [5, 5.41) is 3.07. The van der Waals surface area contributed by atoms with E-state index in [4.69, 9.17) is 9.15 Å². The molecular formula is C12H19NO2. The molecule has 0 saturated heterocycles. The lowest BCUT2D eigenvalue weighted by Crippen LogP contribution is -2.03. The van der Waals surface area contributed by atoms with Gasteiger partial charge in [0, 0.05) is 12.2 Å². The first kappa shape index (κ1) is 10.7. The van der Waals surface area contributed by atoms with E-state index in [1.165, 1.54) is 18.4 Å². The van der Waals surface area contributed by atoms with Crippen molar-refractivity contribution in [2.75, 3.05) is 13.7 Å². The summed E-state index contributed by atoms with van der Waals surface area (Å²) in [4.78, 5) is 0. The van der Waals surface area contributed by atoms with Crippen LogP contribution >= 0.6 is 0 Å². The third kappa shape index (κ3) is 3.08. The van der Waals surface area contributed by atoms with Crippen molar-refractivity contribution in [3.8, 4) is 0 Å². The topological polar surface area (TPSA) is 34.4 Å². The average molecular weight is 209 g/mol. The van der Waals surface area contributed by atoms with Gasteiger partial charge >= 0.3 is 0 Å². The molecule has 1 aromatic heterocycles. The summed E-state index contributed by atoms with van der Waals surface area (Å²) in [5.74, 6) is 2.80. The standard InChI is InChI=1S/C12H19NO2/c1-9-11(5-12(15-9)6-13-2)8-14-7-10-3-4-10/h5,10,13H,3-4,6-8H2,1-2H3. The lowest BCUT2D eigenvalue weighted by atomic mass is 10.2. The number of nitrogens with one attached hydrogen (secondary N) is 1. The number of rotatable bonds is 6. The van der Waals surface area contributed by atoms with Crippen LogP contribution in [0.3, 0.4) is 0 Å². The quantitative estimate of drug-likeness (QED) is 0.780. The Balaban J connectivity index is 1.82. The van der Waals surface area contributed by atoms with Gasteiger partial charge in [0.05, 0.1) is 13.2 Å². The molecule has 1 N–H and O–H groups in total. The van der Waals surface area contributed by atoms with E-state index in [2.05, 4.69) is 11.4 Å². The van der Waals surface area contributed by atoms with Crippen LogP contribution in [0.5, 0.6) is 0 Å². The van der Waals surface area contributed by atoms with E-state index in [0.717, 1.165) is 30.6 Å². The van der Waals surface area contributed by atoms with Gasteiger partial charge in [-0.1, -0.05) is 0 Å². The Bertz CT molecular complexity index is 315. The Morgan fingerprint density at radius 1 is 1.53 bits per heavy atom. The fraction of sp³-hybridized carbons (Fsp3) is 0.667. The molecule has 0 aliphatic heterocycles. The van der Waals surface area contributed by atoms with Crippen LogP contribution in [0.2, 0.25) is 0 Å². The van der Waals surface area contributed by atoms with Crippen LogP contribution in [-0.4, -0.2) is 13.7 Å². The lowest BCUT2D eigenvalue weighted by Gasteiger charge is -2.00. The smallest absolute Gasteiger partial charge is 0.118 e. The third-order valence-electron chi connectivity index (χ3n) is 2.73. The van der Waals surface area contributed by atoms with Crippen LogP contribution in [0, 0.1) is 12.8 Å². The highest BCUT2D eigenvalue weighted by molar-refractivity contribution is 5.19. The second-order valence-corrected chi connectivity index (χ2v) is 4.28. The SMILES string of the molecule is CNCc1cc(COCC2CC2)c(C)o1. The largest absolute Gasteiger partial charge is 0.465 e. The van der Waals surface area contributed by atoms with Gasteiger partial charge in [-0.2, -0.15) is 0 Å². The fourth-order valence-corrected chi connectivity index (χ4v) is 1.61. The van der Waals surface area contributed by atoms with Crippen LogP contribution in [0.1, 0.15) is 29.9 Å². The Morgan fingerprint density at radius 3 is 3.00 bits per heavy atom. The van der Waals surface area contributed by atoms with Gasteiger partial charge in [0.1, 0.15) is 11.5 Å². The van der Waals surface area contributed by atoms with E-state index in [-0.39, 0.29) is 0 Å². The molecule has 1 fully saturated rings. The molecule has 84 valence electrons. The van der Waals surface area contributed by atoms with Crippen LogP contribution < -0.4 is 5.32 Å². The average Bonchev–Trinajstić information content (AvgIpc) is 2.94. The molecule has 3 nitrogen and oxygen atoms in total. The third-order valence-corrected chi connectivity index (χ3v) is 2.73. The summed E-state index contributed by atoms with van der Waals surface area (Å²) < 4.78 is 11.2. The highest BCUT2D eigenvalue weighted by Gasteiger charge is 2.21. The first-order valence-electron chi connectivity index (χ1n) is 5.60. The highest BCUT2D eigenvalue weighted by Crippen LogP contribution is 2.29. The van der Waals surface area contributed by atoms with Crippen molar-refractivity contribution in [2.45, 2.75) is 32.9 Å². The van der Waals surface area contributed by atoms with Crippen molar-refractivity contribution in [3.63, 3.8) is 0 Å². The zero-order valence-electron chi connectivity index (χ0n) is 9.51. The molecule has 0 atom stereocenters. The minimum Gasteiger partial charge on any atom is -0.465 e. The maximum atomic E-state index is 5.64. The number of ether oxygens (including phenoxy) is 1. The Kier molecular flexibility index (Phi) is 3.44. The summed E-state index contributed by atoms with van der Waals surface area (Å²) in [6.45, 7) is 4.37. The molecule has 3 heteroatoms. The summed E-state index contributed by atoms with van der Waals surface area (Å²) >= 11 is 0. The maximum Gasteiger partial charge on any atom is 0.118 e. The normalized spacial score (nSPS) is 15.9. The van der Waals surface area contributed by atoms with Gasteiger partial charge in [-0.25, -0.2) is 0 Å². The van der Waals surface area contributed by atoms with E-state index >= 15 is 0 Å². The summed E-state index contributed by atoms with van der Waals surface area (Å²) in [5.41, 5.74) is 1.18. The number of furan rings is 1. The summed E-state index contributed by atoms with van der Waals surface area (Å²) in [7, 11) is 1.92. The fourth-order valence-electron chi connectivity index (χ4n) is 1.61. The number of hydrogen-bond donors (Lipinski definition) is 1.